The molecule has 10 nitrogen and oxygen atoms in total. The van der Waals surface area contributed by atoms with Gasteiger partial charge in [-0.05, 0) is 173 Å². The molecule has 2 unspecified atom stereocenters. The van der Waals surface area contributed by atoms with Crippen molar-refractivity contribution in [3.63, 3.8) is 0 Å². The summed E-state index contributed by atoms with van der Waals surface area (Å²) in [4.78, 5) is 45.5. The van der Waals surface area contributed by atoms with Crippen molar-refractivity contribution in [1.82, 2.24) is 0 Å². The molecule has 3 atom stereocenters. The number of hydrogen-bond donors (Lipinski definition) is 0. The van der Waals surface area contributed by atoms with Gasteiger partial charge >= 0.3 is 25.7 Å². The first-order valence-electron chi connectivity index (χ1n) is 36.9. The van der Waals surface area contributed by atoms with Crippen LogP contribution < -0.4 is 27.8 Å². The van der Waals surface area contributed by atoms with Gasteiger partial charge in [-0.15, -0.1) is 0 Å². The molecule has 0 N–H and O–H groups in total. The molecule has 3 aliphatic rings. The van der Waals surface area contributed by atoms with Gasteiger partial charge < -0.3 is 27.8 Å². The van der Waals surface area contributed by atoms with Crippen molar-refractivity contribution in [2.75, 3.05) is 0 Å². The summed E-state index contributed by atoms with van der Waals surface area (Å²) in [6, 6.07) is 35.4. The van der Waals surface area contributed by atoms with E-state index >= 15 is 18.9 Å². The minimum Gasteiger partial charge on any atom is -0.425 e. The van der Waals surface area contributed by atoms with Gasteiger partial charge in [-0.3, -0.25) is 14.4 Å². The van der Waals surface area contributed by atoms with Gasteiger partial charge in [0.05, 0.1) is 0 Å². The Morgan fingerprint density at radius 1 is 0.267 bits per heavy atom. The molecule has 0 saturated carbocycles. The summed E-state index contributed by atoms with van der Waals surface area (Å²) in [5.41, 5.74) is 6.46. The normalized spacial score (nSPS) is 18.0. The van der Waals surface area contributed by atoms with Crippen LogP contribution in [0.5, 0.6) is 34.5 Å². The number of phosphoric ester groups is 1. The summed E-state index contributed by atoms with van der Waals surface area (Å²) in [5.74, 6) is -3.25. The van der Waals surface area contributed by atoms with Crippen molar-refractivity contribution in [3.05, 3.63) is 176 Å². The average molecular weight is 1400 g/mol. The van der Waals surface area contributed by atoms with E-state index in [1.165, 1.54) is 0 Å². The Hall–Kier alpha value is -6.64. The summed E-state index contributed by atoms with van der Waals surface area (Å²) >= 11 is 0. The first-order valence-corrected chi connectivity index (χ1v) is 38.4. The standard InChI is InChI=1S/C90H123O10P/c1-79(2,3)49-85(19,20)55-31-37-67-61(43-55)73(76(91)95-67)64-46-58(88(25,26)52-82(10,11)12)34-40-70(64)98-101(94,99-71-41-35-59(89(27,28)53-83(13,14)15)47-65(71)74-62-44-56(32-38-68(62)96-77(74)92)86(21,22)50-80(4,5)6)100-72-42-36-60(90(29,30)54-84(16,17)18)48-66(72)75-63-45-57(33-39-69(63)97-78(75)93)87(23,24)51-81(7,8)9/h31-48,73-75H,49-54H2,1-30H3/t73-,74?,75?,101?/m0/s1. The molecular formula is C90H123O10P. The van der Waals surface area contributed by atoms with E-state index in [1.54, 1.807) is 18.2 Å². The van der Waals surface area contributed by atoms with E-state index in [-0.39, 0.29) is 66.0 Å². The Labute approximate surface area is 608 Å². The highest BCUT2D eigenvalue weighted by molar-refractivity contribution is 7.49. The van der Waals surface area contributed by atoms with Crippen molar-refractivity contribution < 1.29 is 46.7 Å². The SMILES string of the molecule is CC(C)(C)CC(C)(C)c1ccc2c(c1)C(c1cc(C(C)(C)CC(C)(C)C)ccc1OP(=O)(Oc1ccc(C(C)(C)CC(C)(C)C)cc1C1C(=O)Oc3ccc(C(C)(C)CC(C)(C)C)cc31)Oc1ccc(C(C)(C)CC(C)(C)C)cc1[C@H]1C(=O)Oc3ccc(C(C)(C)CC(C)(C)C)cc31)C(=O)O2. The second-order valence-corrected chi connectivity index (χ2v) is 43.0. The lowest BCUT2D eigenvalue weighted by molar-refractivity contribution is -0.134. The van der Waals surface area contributed by atoms with Crippen LogP contribution in [0.4, 0.5) is 0 Å². The monoisotopic (exact) mass is 1390 g/mol. The average Bonchev–Trinajstić information content (AvgIpc) is 1.68. The van der Waals surface area contributed by atoms with Gasteiger partial charge in [-0.1, -0.05) is 281 Å². The molecule has 101 heavy (non-hydrogen) atoms. The van der Waals surface area contributed by atoms with E-state index in [2.05, 4.69) is 244 Å². The maximum absolute atomic E-state index is 17.8. The zero-order valence-electron chi connectivity index (χ0n) is 67.4. The lowest BCUT2D eigenvalue weighted by atomic mass is 9.71. The zero-order chi connectivity index (χ0) is 75.6. The predicted octanol–water partition coefficient (Wildman–Crippen LogP) is 24.8. The predicted molar refractivity (Wildman–Crippen MR) is 413 cm³/mol. The topological polar surface area (TPSA) is 124 Å². The van der Waals surface area contributed by atoms with Crippen LogP contribution in [0, 0.1) is 32.5 Å². The van der Waals surface area contributed by atoms with Crippen LogP contribution >= 0.6 is 7.82 Å². The number of carbonyl (C=O) groups is 3. The Balaban J connectivity index is 1.35. The third-order valence-corrected chi connectivity index (χ3v) is 21.7. The molecule has 0 fully saturated rings. The molecule has 0 aromatic heterocycles. The smallest absolute Gasteiger partial charge is 0.425 e. The fourth-order valence-electron chi connectivity index (χ4n) is 18.4. The third kappa shape index (κ3) is 18.3. The fourth-order valence-corrected chi connectivity index (χ4v) is 19.8. The molecule has 11 heteroatoms. The number of ether oxygens (including phenoxy) is 3. The number of phosphoric acid groups is 1. The van der Waals surface area contributed by atoms with Crippen LogP contribution in [-0.4, -0.2) is 17.9 Å². The number of hydrogen-bond acceptors (Lipinski definition) is 10. The van der Waals surface area contributed by atoms with Crippen LogP contribution in [0.1, 0.15) is 331 Å². The minimum absolute atomic E-state index is 0.0180. The lowest BCUT2D eigenvalue weighted by Crippen LogP contribution is -2.26. The summed E-state index contributed by atoms with van der Waals surface area (Å²) in [6.45, 7) is 66.7. The van der Waals surface area contributed by atoms with Crippen molar-refractivity contribution >= 4 is 25.7 Å². The molecule has 0 amide bonds. The van der Waals surface area contributed by atoms with Gasteiger partial charge in [0, 0.05) is 33.4 Å². The first kappa shape index (κ1) is 78.5. The Morgan fingerprint density at radius 3 is 0.614 bits per heavy atom. The van der Waals surface area contributed by atoms with Gasteiger partial charge in [0.2, 0.25) is 0 Å². The lowest BCUT2D eigenvalue weighted by Gasteiger charge is -2.34. The molecule has 0 bridgehead atoms. The molecule has 0 saturated heterocycles. The highest BCUT2D eigenvalue weighted by atomic mass is 31.2. The second kappa shape index (κ2) is 26.5. The molecule has 0 aliphatic carbocycles. The molecular weight excluding hydrogens is 1270 g/mol. The molecule has 3 aliphatic heterocycles. The quantitative estimate of drug-likeness (QED) is 0.0391. The summed E-state index contributed by atoms with van der Waals surface area (Å²) in [6.07, 6.45) is 4.91. The minimum atomic E-state index is -5.30. The van der Waals surface area contributed by atoms with Crippen molar-refractivity contribution in [2.24, 2.45) is 32.5 Å². The second-order valence-electron chi connectivity index (χ2n) is 41.5. The molecule has 9 rings (SSSR count). The molecule has 0 radical (unpaired) electrons. The highest BCUT2D eigenvalue weighted by Gasteiger charge is 2.48. The summed E-state index contributed by atoms with van der Waals surface area (Å²) in [7, 11) is -5.30. The Bertz CT molecular complexity index is 3780. The maximum Gasteiger partial charge on any atom is 0.647 e. The van der Waals surface area contributed by atoms with E-state index in [0.717, 1.165) is 71.9 Å². The molecule has 6 aromatic carbocycles. The van der Waals surface area contributed by atoms with Crippen LogP contribution in [-0.2, 0) is 51.4 Å². The summed E-state index contributed by atoms with van der Waals surface area (Å²) < 4.78 is 58.5. The zero-order valence-corrected chi connectivity index (χ0v) is 68.3. The van der Waals surface area contributed by atoms with Crippen LogP contribution in [0.2, 0.25) is 0 Å². The van der Waals surface area contributed by atoms with Gasteiger partial charge in [0.15, 0.2) is 0 Å². The van der Waals surface area contributed by atoms with Crippen LogP contribution in [0.3, 0.4) is 0 Å². The maximum atomic E-state index is 17.8. The van der Waals surface area contributed by atoms with Gasteiger partial charge in [0.1, 0.15) is 52.3 Å². The van der Waals surface area contributed by atoms with Gasteiger partial charge in [-0.25, -0.2) is 0 Å². The fraction of sp³-hybridized carbons (Fsp3) is 0.567. The van der Waals surface area contributed by atoms with Crippen molar-refractivity contribution in [1.29, 1.82) is 0 Å². The van der Waals surface area contributed by atoms with E-state index < -0.39 is 59.7 Å². The molecule has 6 aromatic rings. The third-order valence-electron chi connectivity index (χ3n) is 20.4. The number of esters is 3. The van der Waals surface area contributed by atoms with Gasteiger partial charge in [0.25, 0.3) is 0 Å². The van der Waals surface area contributed by atoms with E-state index in [0.29, 0.717) is 50.6 Å². The number of carbonyl (C=O) groups excluding carboxylic acids is 3. The van der Waals surface area contributed by atoms with Crippen molar-refractivity contribution in [2.45, 2.75) is 296 Å². The van der Waals surface area contributed by atoms with E-state index in [4.69, 9.17) is 27.8 Å². The Morgan fingerprint density at radius 2 is 0.436 bits per heavy atom. The summed E-state index contributed by atoms with van der Waals surface area (Å²) in [5, 5.41) is 0. The van der Waals surface area contributed by atoms with Crippen LogP contribution in [0.15, 0.2) is 109 Å². The Kier molecular flexibility index (Phi) is 20.6. The number of rotatable bonds is 21. The van der Waals surface area contributed by atoms with Crippen LogP contribution in [0.25, 0.3) is 0 Å². The molecule has 3 heterocycles. The molecule has 548 valence electrons. The van der Waals surface area contributed by atoms with Crippen molar-refractivity contribution in [3.8, 4) is 34.5 Å². The largest absolute Gasteiger partial charge is 0.647 e. The highest BCUT2D eigenvalue weighted by Crippen LogP contribution is 2.59. The number of benzene rings is 6. The first-order chi connectivity index (χ1) is 45.7. The van der Waals surface area contributed by atoms with E-state index in [1.807, 2.05) is 54.6 Å². The number of fused-ring (bicyclic) bond motifs is 3. The molecule has 0 spiro atoms. The van der Waals surface area contributed by atoms with Gasteiger partial charge in [-0.2, -0.15) is 4.57 Å². The van der Waals surface area contributed by atoms with E-state index in [9.17, 15) is 0 Å².